The van der Waals surface area contributed by atoms with Crippen molar-refractivity contribution in [2.75, 3.05) is 35.4 Å². The van der Waals surface area contributed by atoms with Crippen molar-refractivity contribution in [2.24, 2.45) is 0 Å². The molecule has 6 rings (SSSR count). The van der Waals surface area contributed by atoms with Crippen LogP contribution in [0.5, 0.6) is 0 Å². The second-order valence-electron chi connectivity index (χ2n) is 12.4. The monoisotopic (exact) mass is 790 g/mol. The Labute approximate surface area is 330 Å². The van der Waals surface area contributed by atoms with E-state index in [-0.39, 0.29) is 41.8 Å². The topological polar surface area (TPSA) is 184 Å². The number of thioether (sulfide) groups is 1. The fourth-order valence-corrected chi connectivity index (χ4v) is 7.31. The molecule has 0 saturated heterocycles. The molecule has 0 saturated carbocycles. The molecule has 0 spiro atoms. The average molecular weight is 791 g/mol. The van der Waals surface area contributed by atoms with Crippen LogP contribution in [-0.4, -0.2) is 74.9 Å². The SMILES string of the molecule is CC(=O)c1ccc(Nc2nccc(-c3ccc(S(=O)(=O)CCCO)cc3)n2)cc1.CC(=O)c1ccc(Nc2nccc(-c3ccc(SCCCO)cc3)n2)cc1. The van der Waals surface area contributed by atoms with Crippen LogP contribution in [0.4, 0.5) is 23.3 Å². The molecule has 0 unspecified atom stereocenters. The van der Waals surface area contributed by atoms with E-state index < -0.39 is 9.84 Å². The van der Waals surface area contributed by atoms with E-state index in [1.54, 1.807) is 85.7 Å². The van der Waals surface area contributed by atoms with Crippen LogP contribution in [0.25, 0.3) is 22.5 Å². The summed E-state index contributed by atoms with van der Waals surface area (Å²) in [6.07, 6.45) is 4.33. The van der Waals surface area contributed by atoms with Crippen molar-refractivity contribution in [3.8, 4) is 22.5 Å². The van der Waals surface area contributed by atoms with Crippen LogP contribution in [0.15, 0.2) is 131 Å². The second-order valence-corrected chi connectivity index (χ2v) is 15.7. The maximum atomic E-state index is 12.2. The van der Waals surface area contributed by atoms with Gasteiger partial charge in [0, 0.05) is 69.9 Å². The molecule has 4 aromatic carbocycles. The van der Waals surface area contributed by atoms with E-state index >= 15 is 0 Å². The van der Waals surface area contributed by atoms with Crippen LogP contribution in [0.1, 0.15) is 47.4 Å². The molecule has 0 bridgehead atoms. The first kappa shape index (κ1) is 41.4. The molecule has 0 radical (unpaired) electrons. The number of anilines is 4. The Bertz CT molecular complexity index is 2320. The Morgan fingerprint density at radius 3 is 1.48 bits per heavy atom. The molecule has 6 aromatic rings. The van der Waals surface area contributed by atoms with Crippen LogP contribution in [-0.2, 0) is 9.84 Å². The van der Waals surface area contributed by atoms with Gasteiger partial charge in [0.15, 0.2) is 21.4 Å². The van der Waals surface area contributed by atoms with Gasteiger partial charge in [-0.1, -0.05) is 24.3 Å². The minimum atomic E-state index is -3.41. The summed E-state index contributed by atoms with van der Waals surface area (Å²) in [6, 6.07) is 32.5. The average Bonchev–Trinajstić information content (AvgIpc) is 3.21. The van der Waals surface area contributed by atoms with Crippen LogP contribution in [0.3, 0.4) is 0 Å². The maximum Gasteiger partial charge on any atom is 0.227 e. The molecule has 2 aromatic heterocycles. The van der Waals surface area contributed by atoms with Crippen molar-refractivity contribution in [3.05, 3.63) is 133 Å². The highest BCUT2D eigenvalue weighted by atomic mass is 32.2. The number of sulfone groups is 1. The number of carbonyl (C=O) groups is 2. The second kappa shape index (κ2) is 20.2. The van der Waals surface area contributed by atoms with E-state index in [0.717, 1.165) is 40.4 Å². The summed E-state index contributed by atoms with van der Waals surface area (Å²) in [5.41, 5.74) is 6.11. The number of aliphatic hydroxyl groups excluding tert-OH is 2. The largest absolute Gasteiger partial charge is 0.396 e. The molecular formula is C42H42N6O6S2. The zero-order chi connectivity index (χ0) is 39.9. The van der Waals surface area contributed by atoms with Crippen LogP contribution >= 0.6 is 11.8 Å². The molecule has 0 fully saturated rings. The lowest BCUT2D eigenvalue weighted by atomic mass is 10.1. The Kier molecular flexibility index (Phi) is 14.9. The van der Waals surface area contributed by atoms with Crippen molar-refractivity contribution in [3.63, 3.8) is 0 Å². The van der Waals surface area contributed by atoms with Crippen molar-refractivity contribution < 1.29 is 28.2 Å². The molecule has 288 valence electrons. The standard InChI is InChI=1S/C21H21N3O4S.C21H21N3O2S/c1-15(26)16-3-7-18(8-4-16)23-21-22-12-11-20(24-21)17-5-9-19(10-6-17)29(27,28)14-2-13-25;1-15(26)16-3-7-18(8-4-16)23-21-22-12-11-20(24-21)17-5-9-19(10-6-17)27-14-2-13-25/h3-12,25H,2,13-14H2,1H3,(H,22,23,24);3-12,25H,2,13-14H2,1H3,(H,22,23,24). The van der Waals surface area contributed by atoms with Crippen LogP contribution < -0.4 is 10.6 Å². The Morgan fingerprint density at radius 1 is 0.607 bits per heavy atom. The first-order chi connectivity index (χ1) is 27.0. The summed E-state index contributed by atoms with van der Waals surface area (Å²) in [7, 11) is -3.41. The summed E-state index contributed by atoms with van der Waals surface area (Å²) in [5, 5.41) is 23.9. The fourth-order valence-electron chi connectivity index (χ4n) is 5.18. The Morgan fingerprint density at radius 2 is 1.05 bits per heavy atom. The number of hydrogen-bond acceptors (Lipinski definition) is 13. The zero-order valence-electron chi connectivity index (χ0n) is 30.9. The van der Waals surface area contributed by atoms with Gasteiger partial charge in [-0.25, -0.2) is 28.4 Å². The quantitative estimate of drug-likeness (QED) is 0.0423. The number of nitrogens with zero attached hydrogens (tertiary/aromatic N) is 4. The van der Waals surface area contributed by atoms with Gasteiger partial charge in [-0.2, -0.15) is 0 Å². The third-order valence-corrected chi connectivity index (χ3v) is 11.1. The molecular weight excluding hydrogens is 749 g/mol. The van der Waals surface area contributed by atoms with Gasteiger partial charge >= 0.3 is 0 Å². The third kappa shape index (κ3) is 12.1. The highest BCUT2D eigenvalue weighted by Crippen LogP contribution is 2.25. The number of carbonyl (C=O) groups excluding carboxylic acids is 2. The lowest BCUT2D eigenvalue weighted by molar-refractivity contribution is 0.100. The molecule has 0 atom stereocenters. The highest BCUT2D eigenvalue weighted by molar-refractivity contribution is 7.99. The number of benzene rings is 4. The van der Waals surface area contributed by atoms with E-state index in [0.29, 0.717) is 28.7 Å². The van der Waals surface area contributed by atoms with E-state index in [1.165, 1.54) is 24.0 Å². The predicted octanol–water partition coefficient (Wildman–Crippen LogP) is 7.81. The summed E-state index contributed by atoms with van der Waals surface area (Å²) >= 11 is 1.73. The van der Waals surface area contributed by atoms with Crippen LogP contribution in [0, 0.1) is 0 Å². The summed E-state index contributed by atoms with van der Waals surface area (Å²) in [4.78, 5) is 41.6. The smallest absolute Gasteiger partial charge is 0.227 e. The molecule has 0 aliphatic rings. The van der Waals surface area contributed by atoms with Crippen molar-refractivity contribution in [1.82, 2.24) is 19.9 Å². The van der Waals surface area contributed by atoms with Crippen molar-refractivity contribution >= 4 is 56.4 Å². The Balaban J connectivity index is 0.000000215. The van der Waals surface area contributed by atoms with E-state index in [4.69, 9.17) is 10.2 Å². The summed E-state index contributed by atoms with van der Waals surface area (Å²) in [5.74, 6) is 1.74. The lowest BCUT2D eigenvalue weighted by Gasteiger charge is -2.08. The van der Waals surface area contributed by atoms with Crippen LogP contribution in [0.2, 0.25) is 0 Å². The normalized spacial score (nSPS) is 10.9. The van der Waals surface area contributed by atoms with Gasteiger partial charge in [0.2, 0.25) is 11.9 Å². The molecule has 12 nitrogen and oxygen atoms in total. The number of aliphatic hydroxyl groups is 2. The molecule has 56 heavy (non-hydrogen) atoms. The number of rotatable bonds is 16. The van der Waals surface area contributed by atoms with Gasteiger partial charge in [-0.05, 0) is 112 Å². The zero-order valence-corrected chi connectivity index (χ0v) is 32.6. The highest BCUT2D eigenvalue weighted by Gasteiger charge is 2.14. The fraction of sp³-hybridized carbons (Fsp3) is 0.190. The lowest BCUT2D eigenvalue weighted by Crippen LogP contribution is -2.08. The number of ketones is 2. The number of aromatic nitrogens is 4. The van der Waals surface area contributed by atoms with Gasteiger partial charge in [-0.15, -0.1) is 11.8 Å². The number of Topliss-reactive ketones (excluding diaryl/α,β-unsaturated/α-hetero) is 2. The van der Waals surface area contributed by atoms with Gasteiger partial charge in [-0.3, -0.25) is 9.59 Å². The first-order valence-corrected chi connectivity index (χ1v) is 20.4. The third-order valence-electron chi connectivity index (χ3n) is 8.21. The van der Waals surface area contributed by atoms with Gasteiger partial charge in [0.1, 0.15) is 0 Å². The summed E-state index contributed by atoms with van der Waals surface area (Å²) in [6.45, 7) is 3.12. The molecule has 0 aliphatic heterocycles. The molecule has 0 aliphatic carbocycles. The summed E-state index contributed by atoms with van der Waals surface area (Å²) < 4.78 is 24.4. The minimum Gasteiger partial charge on any atom is -0.396 e. The molecule has 2 heterocycles. The maximum absolute atomic E-state index is 12.2. The van der Waals surface area contributed by atoms with E-state index in [1.807, 2.05) is 30.3 Å². The first-order valence-electron chi connectivity index (χ1n) is 17.7. The predicted molar refractivity (Wildman–Crippen MR) is 221 cm³/mol. The molecule has 4 N–H and O–H groups in total. The number of nitrogens with one attached hydrogen (secondary N) is 2. The van der Waals surface area contributed by atoms with E-state index in [9.17, 15) is 18.0 Å². The minimum absolute atomic E-state index is 0.00313. The van der Waals surface area contributed by atoms with Crippen molar-refractivity contribution in [2.45, 2.75) is 36.5 Å². The number of hydrogen-bond donors (Lipinski definition) is 4. The van der Waals surface area contributed by atoms with Crippen molar-refractivity contribution in [1.29, 1.82) is 0 Å². The van der Waals surface area contributed by atoms with Gasteiger partial charge in [0.05, 0.1) is 22.0 Å². The van der Waals surface area contributed by atoms with Gasteiger partial charge in [0.25, 0.3) is 0 Å². The van der Waals surface area contributed by atoms with E-state index in [2.05, 4.69) is 42.7 Å². The van der Waals surface area contributed by atoms with Gasteiger partial charge < -0.3 is 20.8 Å². The molecule has 14 heteroatoms. The Hall–Kier alpha value is -5.80. The molecule has 0 amide bonds.